The first-order chi connectivity index (χ1) is 8.56. The van der Waals surface area contributed by atoms with Crippen molar-refractivity contribution >= 4 is 22.3 Å². The van der Waals surface area contributed by atoms with Crippen molar-refractivity contribution < 1.29 is 0 Å². The highest BCUT2D eigenvalue weighted by atomic mass is 15.1. The van der Waals surface area contributed by atoms with Crippen molar-refractivity contribution in [3.05, 3.63) is 18.3 Å². The lowest BCUT2D eigenvalue weighted by Gasteiger charge is -2.17. The van der Waals surface area contributed by atoms with E-state index >= 15 is 0 Å². The van der Waals surface area contributed by atoms with Crippen molar-refractivity contribution in [1.82, 2.24) is 10.2 Å². The molecular weight excluding hydrogens is 224 g/mol. The summed E-state index contributed by atoms with van der Waals surface area (Å²) < 4.78 is 0. The van der Waals surface area contributed by atoms with Gasteiger partial charge < -0.3 is 11.1 Å². The quantitative estimate of drug-likeness (QED) is 0.708. The standard InChI is InChI=1S/C14H22N4/c1-9(2)4-5-10(3)17-14-7-13-11(6-12(14)15)8-16-18-13/h6-10,17H,4-5,15H2,1-3H3,(H,16,18). The zero-order valence-electron chi connectivity index (χ0n) is 11.3. The van der Waals surface area contributed by atoms with Crippen LogP contribution in [-0.4, -0.2) is 16.2 Å². The molecule has 0 aliphatic carbocycles. The molecule has 0 amide bonds. The van der Waals surface area contributed by atoms with Gasteiger partial charge >= 0.3 is 0 Å². The van der Waals surface area contributed by atoms with E-state index in [1.54, 1.807) is 6.20 Å². The van der Waals surface area contributed by atoms with Gasteiger partial charge in [-0.3, -0.25) is 5.10 Å². The number of hydrogen-bond acceptors (Lipinski definition) is 3. The van der Waals surface area contributed by atoms with Crippen LogP contribution in [0, 0.1) is 5.92 Å². The number of nitrogen functional groups attached to an aromatic ring is 1. The molecule has 0 radical (unpaired) electrons. The molecule has 0 aliphatic rings. The SMILES string of the molecule is CC(C)CCC(C)Nc1cc2[nH]ncc2cc1N. The van der Waals surface area contributed by atoms with E-state index in [0.717, 1.165) is 34.6 Å². The van der Waals surface area contributed by atoms with Gasteiger partial charge in [-0.25, -0.2) is 0 Å². The average Bonchev–Trinajstić information content (AvgIpc) is 2.74. The van der Waals surface area contributed by atoms with Crippen molar-refractivity contribution in [3.8, 4) is 0 Å². The van der Waals surface area contributed by atoms with Crippen molar-refractivity contribution in [2.75, 3.05) is 11.1 Å². The maximum absolute atomic E-state index is 6.05. The Bertz CT molecular complexity index is 515. The maximum Gasteiger partial charge on any atom is 0.0672 e. The number of benzene rings is 1. The second kappa shape index (κ2) is 5.29. The normalized spacial score (nSPS) is 13.1. The summed E-state index contributed by atoms with van der Waals surface area (Å²) in [5.41, 5.74) is 8.83. The van der Waals surface area contributed by atoms with Gasteiger partial charge in [-0.05, 0) is 37.8 Å². The van der Waals surface area contributed by atoms with Crippen LogP contribution in [0.3, 0.4) is 0 Å². The topological polar surface area (TPSA) is 66.7 Å². The maximum atomic E-state index is 6.05. The summed E-state index contributed by atoms with van der Waals surface area (Å²) >= 11 is 0. The number of aromatic nitrogens is 2. The lowest BCUT2D eigenvalue weighted by atomic mass is 10.0. The Morgan fingerprint density at radius 2 is 2.06 bits per heavy atom. The highest BCUT2D eigenvalue weighted by Gasteiger charge is 2.08. The van der Waals surface area contributed by atoms with Crippen LogP contribution >= 0.6 is 0 Å². The van der Waals surface area contributed by atoms with Gasteiger partial charge in [-0.1, -0.05) is 13.8 Å². The number of nitrogens with one attached hydrogen (secondary N) is 2. The molecule has 4 heteroatoms. The smallest absolute Gasteiger partial charge is 0.0672 e. The summed E-state index contributed by atoms with van der Waals surface area (Å²) in [5.74, 6) is 0.738. The van der Waals surface area contributed by atoms with Crippen LogP contribution in [0.5, 0.6) is 0 Å². The minimum absolute atomic E-state index is 0.426. The Kier molecular flexibility index (Phi) is 3.75. The fourth-order valence-electron chi connectivity index (χ4n) is 2.05. The van der Waals surface area contributed by atoms with Crippen molar-refractivity contribution in [2.24, 2.45) is 5.92 Å². The van der Waals surface area contributed by atoms with E-state index in [1.165, 1.54) is 6.42 Å². The first kappa shape index (κ1) is 12.7. The van der Waals surface area contributed by atoms with E-state index in [-0.39, 0.29) is 0 Å². The summed E-state index contributed by atoms with van der Waals surface area (Å²) in [7, 11) is 0. The summed E-state index contributed by atoms with van der Waals surface area (Å²) in [5, 5.41) is 11.5. The number of nitrogens with zero attached hydrogens (tertiary/aromatic N) is 1. The molecule has 1 aromatic heterocycles. The van der Waals surface area contributed by atoms with Gasteiger partial charge in [-0.2, -0.15) is 5.10 Å². The van der Waals surface area contributed by atoms with Gasteiger partial charge in [-0.15, -0.1) is 0 Å². The highest BCUT2D eigenvalue weighted by molar-refractivity contribution is 5.88. The number of nitrogens with two attached hydrogens (primary N) is 1. The van der Waals surface area contributed by atoms with Crippen LogP contribution in [-0.2, 0) is 0 Å². The van der Waals surface area contributed by atoms with E-state index in [0.29, 0.717) is 6.04 Å². The molecular formula is C14H22N4. The molecule has 0 saturated heterocycles. The summed E-state index contributed by atoms with van der Waals surface area (Å²) in [4.78, 5) is 0. The molecule has 2 aromatic rings. The molecule has 4 nitrogen and oxygen atoms in total. The Morgan fingerprint density at radius 3 is 2.78 bits per heavy atom. The number of aromatic amines is 1. The molecule has 0 aliphatic heterocycles. The molecule has 0 saturated carbocycles. The lowest BCUT2D eigenvalue weighted by molar-refractivity contribution is 0.528. The zero-order chi connectivity index (χ0) is 13.1. The minimum atomic E-state index is 0.426. The second-order valence-electron chi connectivity index (χ2n) is 5.41. The van der Waals surface area contributed by atoms with Gasteiger partial charge in [0.05, 0.1) is 23.1 Å². The molecule has 18 heavy (non-hydrogen) atoms. The third-order valence-electron chi connectivity index (χ3n) is 3.19. The zero-order valence-corrected chi connectivity index (χ0v) is 11.3. The first-order valence-corrected chi connectivity index (χ1v) is 6.55. The van der Waals surface area contributed by atoms with Crippen LogP contribution in [0.25, 0.3) is 10.9 Å². The Hall–Kier alpha value is -1.71. The van der Waals surface area contributed by atoms with Gasteiger partial charge in [0, 0.05) is 11.4 Å². The molecule has 98 valence electrons. The van der Waals surface area contributed by atoms with Crippen molar-refractivity contribution in [3.63, 3.8) is 0 Å². The van der Waals surface area contributed by atoms with Gasteiger partial charge in [0.2, 0.25) is 0 Å². The van der Waals surface area contributed by atoms with E-state index in [2.05, 4.69) is 36.3 Å². The monoisotopic (exact) mass is 246 g/mol. The van der Waals surface area contributed by atoms with Crippen LogP contribution in [0.1, 0.15) is 33.6 Å². The molecule has 1 unspecified atom stereocenters. The summed E-state index contributed by atoms with van der Waals surface area (Å²) in [6.45, 7) is 6.69. The third-order valence-corrected chi connectivity index (χ3v) is 3.19. The van der Waals surface area contributed by atoms with Crippen molar-refractivity contribution in [2.45, 2.75) is 39.7 Å². The molecule has 0 bridgehead atoms. The van der Waals surface area contributed by atoms with E-state index in [1.807, 2.05) is 12.1 Å². The van der Waals surface area contributed by atoms with Crippen LogP contribution in [0.15, 0.2) is 18.3 Å². The number of fused-ring (bicyclic) bond motifs is 1. The molecule has 0 spiro atoms. The van der Waals surface area contributed by atoms with E-state index in [4.69, 9.17) is 5.73 Å². The van der Waals surface area contributed by atoms with Gasteiger partial charge in [0.1, 0.15) is 0 Å². The molecule has 2 rings (SSSR count). The Morgan fingerprint density at radius 1 is 1.28 bits per heavy atom. The molecule has 0 fully saturated rings. The average molecular weight is 246 g/mol. The Balaban J connectivity index is 2.08. The summed E-state index contributed by atoms with van der Waals surface area (Å²) in [6, 6.07) is 4.41. The fraction of sp³-hybridized carbons (Fsp3) is 0.500. The lowest BCUT2D eigenvalue weighted by Crippen LogP contribution is -2.16. The minimum Gasteiger partial charge on any atom is -0.397 e. The van der Waals surface area contributed by atoms with Gasteiger partial charge in [0.25, 0.3) is 0 Å². The second-order valence-corrected chi connectivity index (χ2v) is 5.41. The van der Waals surface area contributed by atoms with Crippen LogP contribution in [0.4, 0.5) is 11.4 Å². The predicted molar refractivity (Wildman–Crippen MR) is 77.7 cm³/mol. The number of H-pyrrole nitrogens is 1. The molecule has 1 aromatic carbocycles. The largest absolute Gasteiger partial charge is 0.397 e. The van der Waals surface area contributed by atoms with Crippen LogP contribution < -0.4 is 11.1 Å². The Labute approximate surface area is 108 Å². The highest BCUT2D eigenvalue weighted by Crippen LogP contribution is 2.25. The molecule has 1 atom stereocenters. The first-order valence-electron chi connectivity index (χ1n) is 6.55. The fourth-order valence-corrected chi connectivity index (χ4v) is 2.05. The summed E-state index contributed by atoms with van der Waals surface area (Å²) in [6.07, 6.45) is 4.16. The molecule has 1 heterocycles. The molecule has 4 N–H and O–H groups in total. The van der Waals surface area contributed by atoms with Gasteiger partial charge in [0.15, 0.2) is 0 Å². The number of anilines is 2. The van der Waals surface area contributed by atoms with E-state index < -0.39 is 0 Å². The van der Waals surface area contributed by atoms with Crippen molar-refractivity contribution in [1.29, 1.82) is 0 Å². The number of rotatable bonds is 5. The predicted octanol–water partition coefficient (Wildman–Crippen LogP) is 3.38. The van der Waals surface area contributed by atoms with E-state index in [9.17, 15) is 0 Å². The van der Waals surface area contributed by atoms with Crippen LogP contribution in [0.2, 0.25) is 0 Å². The third kappa shape index (κ3) is 2.94. The number of hydrogen-bond donors (Lipinski definition) is 3.